The SMILES string of the molecule is CC(C)(NC(=O)C1(C(N)=S)CCCC1)C(N)=O. The van der Waals surface area contributed by atoms with E-state index in [4.69, 9.17) is 23.7 Å². The third-order valence-electron chi connectivity index (χ3n) is 3.41. The number of thiocarbonyl (C=S) groups is 1. The Morgan fingerprint density at radius 1 is 1.24 bits per heavy atom. The minimum absolute atomic E-state index is 0.202. The molecule has 17 heavy (non-hydrogen) atoms. The lowest BCUT2D eigenvalue weighted by molar-refractivity contribution is -0.134. The molecule has 1 saturated carbocycles. The van der Waals surface area contributed by atoms with Gasteiger partial charge in [0.1, 0.15) is 5.54 Å². The van der Waals surface area contributed by atoms with Crippen LogP contribution >= 0.6 is 12.2 Å². The van der Waals surface area contributed by atoms with Crippen molar-refractivity contribution in [2.45, 2.75) is 45.1 Å². The molecule has 1 fully saturated rings. The topological polar surface area (TPSA) is 98.2 Å². The number of carbonyl (C=O) groups excluding carboxylic acids is 2. The summed E-state index contributed by atoms with van der Waals surface area (Å²) in [6, 6.07) is 0. The van der Waals surface area contributed by atoms with Crippen molar-refractivity contribution in [3.8, 4) is 0 Å². The van der Waals surface area contributed by atoms with Crippen molar-refractivity contribution in [3.63, 3.8) is 0 Å². The Kier molecular flexibility index (Phi) is 3.76. The van der Waals surface area contributed by atoms with E-state index in [9.17, 15) is 9.59 Å². The van der Waals surface area contributed by atoms with Crippen LogP contribution in [0.1, 0.15) is 39.5 Å². The maximum atomic E-state index is 12.2. The van der Waals surface area contributed by atoms with E-state index >= 15 is 0 Å². The van der Waals surface area contributed by atoms with Gasteiger partial charge < -0.3 is 16.8 Å². The van der Waals surface area contributed by atoms with Gasteiger partial charge in [-0.1, -0.05) is 25.1 Å². The first-order valence-corrected chi connectivity index (χ1v) is 6.06. The molecule has 5 N–H and O–H groups in total. The van der Waals surface area contributed by atoms with Gasteiger partial charge in [-0.2, -0.15) is 0 Å². The molecule has 0 aromatic rings. The highest BCUT2D eigenvalue weighted by molar-refractivity contribution is 7.80. The molecule has 0 aromatic carbocycles. The zero-order chi connectivity index (χ0) is 13.3. The summed E-state index contributed by atoms with van der Waals surface area (Å²) in [5.41, 5.74) is 9.01. The summed E-state index contributed by atoms with van der Waals surface area (Å²) in [4.78, 5) is 23.6. The van der Waals surface area contributed by atoms with Crippen LogP contribution in [0.25, 0.3) is 0 Å². The molecule has 0 bridgehead atoms. The molecule has 1 rings (SSSR count). The summed E-state index contributed by atoms with van der Waals surface area (Å²) in [5.74, 6) is -0.867. The maximum Gasteiger partial charge on any atom is 0.242 e. The Hall–Kier alpha value is -1.17. The first kappa shape index (κ1) is 13.9. The molecule has 0 saturated heterocycles. The van der Waals surface area contributed by atoms with Gasteiger partial charge in [0, 0.05) is 0 Å². The van der Waals surface area contributed by atoms with Gasteiger partial charge >= 0.3 is 0 Å². The first-order valence-electron chi connectivity index (χ1n) is 5.65. The summed E-state index contributed by atoms with van der Waals surface area (Å²) in [7, 11) is 0. The molecule has 6 heteroatoms. The third-order valence-corrected chi connectivity index (χ3v) is 3.80. The number of primary amides is 1. The number of hydrogen-bond donors (Lipinski definition) is 3. The second-order valence-electron chi connectivity index (χ2n) is 5.10. The molecule has 1 aliphatic rings. The molecule has 0 aliphatic heterocycles. The fraction of sp³-hybridized carbons (Fsp3) is 0.727. The van der Waals surface area contributed by atoms with E-state index in [2.05, 4.69) is 5.32 Å². The lowest BCUT2D eigenvalue weighted by Gasteiger charge is -2.31. The Morgan fingerprint density at radius 2 is 1.71 bits per heavy atom. The van der Waals surface area contributed by atoms with Gasteiger partial charge in [-0.25, -0.2) is 0 Å². The molecular weight excluding hydrogens is 238 g/mol. The van der Waals surface area contributed by atoms with Gasteiger partial charge in [0.05, 0.1) is 10.4 Å². The average molecular weight is 257 g/mol. The smallest absolute Gasteiger partial charge is 0.242 e. The molecule has 5 nitrogen and oxygen atoms in total. The van der Waals surface area contributed by atoms with Crippen LogP contribution < -0.4 is 16.8 Å². The molecule has 96 valence electrons. The van der Waals surface area contributed by atoms with Gasteiger partial charge in [-0.15, -0.1) is 0 Å². The van der Waals surface area contributed by atoms with Crippen LogP contribution in [-0.2, 0) is 9.59 Å². The van der Waals surface area contributed by atoms with E-state index in [-0.39, 0.29) is 10.9 Å². The second-order valence-corrected chi connectivity index (χ2v) is 5.54. The van der Waals surface area contributed by atoms with Crippen LogP contribution in [0.3, 0.4) is 0 Å². The summed E-state index contributed by atoms with van der Waals surface area (Å²) in [5, 5.41) is 2.64. The summed E-state index contributed by atoms with van der Waals surface area (Å²) in [6.45, 7) is 3.13. The minimum atomic E-state index is -1.09. The lowest BCUT2D eigenvalue weighted by atomic mass is 9.84. The monoisotopic (exact) mass is 257 g/mol. The van der Waals surface area contributed by atoms with Crippen LogP contribution in [0.4, 0.5) is 0 Å². The number of carbonyl (C=O) groups is 2. The van der Waals surface area contributed by atoms with Gasteiger partial charge in [0.25, 0.3) is 0 Å². The molecule has 0 aromatic heterocycles. The van der Waals surface area contributed by atoms with Crippen LogP contribution in [0.5, 0.6) is 0 Å². The summed E-state index contributed by atoms with van der Waals surface area (Å²) >= 11 is 5.00. The van der Waals surface area contributed by atoms with Crippen molar-refractivity contribution in [1.29, 1.82) is 0 Å². The van der Waals surface area contributed by atoms with Crippen molar-refractivity contribution in [2.75, 3.05) is 0 Å². The molecular formula is C11H19N3O2S. The number of nitrogens with two attached hydrogens (primary N) is 2. The fourth-order valence-corrected chi connectivity index (χ4v) is 2.33. The molecule has 2 amide bonds. The third kappa shape index (κ3) is 2.57. The van der Waals surface area contributed by atoms with Gasteiger partial charge in [0.15, 0.2) is 0 Å². The van der Waals surface area contributed by atoms with Gasteiger partial charge in [0.2, 0.25) is 11.8 Å². The molecule has 0 unspecified atom stereocenters. The van der Waals surface area contributed by atoms with Crippen molar-refractivity contribution in [2.24, 2.45) is 16.9 Å². The number of rotatable bonds is 4. The Morgan fingerprint density at radius 3 is 2.06 bits per heavy atom. The molecule has 0 heterocycles. The van der Waals surface area contributed by atoms with E-state index in [1.165, 1.54) is 0 Å². The minimum Gasteiger partial charge on any atom is -0.392 e. The predicted octanol–water partition coefficient (Wildman–Crippen LogP) is 0.213. The standard InChI is InChI=1S/C11H19N3O2S/c1-10(2,7(12)15)14-9(16)11(8(13)17)5-3-4-6-11/h3-6H2,1-2H3,(H2,12,15)(H2,13,17)(H,14,16). The summed E-state index contributed by atoms with van der Waals surface area (Å²) < 4.78 is 0. The van der Waals surface area contributed by atoms with Crippen molar-refractivity contribution < 1.29 is 9.59 Å². The summed E-state index contributed by atoms with van der Waals surface area (Å²) in [6.07, 6.45) is 3.12. The predicted molar refractivity (Wildman–Crippen MR) is 69.1 cm³/mol. The normalized spacial score (nSPS) is 18.7. The van der Waals surface area contributed by atoms with E-state index in [0.29, 0.717) is 12.8 Å². The van der Waals surface area contributed by atoms with E-state index in [0.717, 1.165) is 12.8 Å². The van der Waals surface area contributed by atoms with Crippen molar-refractivity contribution in [3.05, 3.63) is 0 Å². The quantitative estimate of drug-likeness (QED) is 0.627. The Bertz CT molecular complexity index is 360. The zero-order valence-corrected chi connectivity index (χ0v) is 11.0. The molecule has 0 spiro atoms. The number of amides is 2. The molecule has 0 atom stereocenters. The average Bonchev–Trinajstić information content (AvgIpc) is 2.66. The second kappa shape index (κ2) is 4.60. The van der Waals surface area contributed by atoms with Gasteiger partial charge in [-0.05, 0) is 26.7 Å². The Labute approximate surface area is 106 Å². The molecule has 1 aliphatic carbocycles. The lowest BCUT2D eigenvalue weighted by Crippen LogP contribution is -2.58. The van der Waals surface area contributed by atoms with Crippen LogP contribution in [0.15, 0.2) is 0 Å². The highest BCUT2D eigenvalue weighted by atomic mass is 32.1. The fourth-order valence-electron chi connectivity index (χ4n) is 2.03. The maximum absolute atomic E-state index is 12.2. The largest absolute Gasteiger partial charge is 0.392 e. The zero-order valence-electron chi connectivity index (χ0n) is 10.2. The molecule has 0 radical (unpaired) electrons. The van der Waals surface area contributed by atoms with Crippen LogP contribution in [-0.4, -0.2) is 22.3 Å². The number of hydrogen-bond acceptors (Lipinski definition) is 3. The highest BCUT2D eigenvalue weighted by Gasteiger charge is 2.46. The van der Waals surface area contributed by atoms with E-state index < -0.39 is 16.9 Å². The van der Waals surface area contributed by atoms with Crippen molar-refractivity contribution in [1.82, 2.24) is 5.32 Å². The van der Waals surface area contributed by atoms with Crippen LogP contribution in [0, 0.1) is 5.41 Å². The van der Waals surface area contributed by atoms with Crippen molar-refractivity contribution >= 4 is 29.0 Å². The number of nitrogens with one attached hydrogen (secondary N) is 1. The van der Waals surface area contributed by atoms with Crippen LogP contribution in [0.2, 0.25) is 0 Å². The van der Waals surface area contributed by atoms with Gasteiger partial charge in [-0.3, -0.25) is 9.59 Å². The first-order chi connectivity index (χ1) is 7.72. The highest BCUT2D eigenvalue weighted by Crippen LogP contribution is 2.39. The van der Waals surface area contributed by atoms with E-state index in [1.54, 1.807) is 13.8 Å². The van der Waals surface area contributed by atoms with E-state index in [1.807, 2.05) is 0 Å². The Balaban J connectivity index is 2.88.